The van der Waals surface area contributed by atoms with Gasteiger partial charge in [-0.25, -0.2) is 4.98 Å². The van der Waals surface area contributed by atoms with E-state index in [2.05, 4.69) is 11.6 Å². The molecule has 0 saturated heterocycles. The van der Waals surface area contributed by atoms with E-state index in [0.29, 0.717) is 41.4 Å². The smallest absolute Gasteiger partial charge is 0.231 e. The summed E-state index contributed by atoms with van der Waals surface area (Å²) in [4.78, 5) is 18.5. The zero-order chi connectivity index (χ0) is 17.5. The number of halogens is 2. The van der Waals surface area contributed by atoms with Crippen molar-refractivity contribution in [2.24, 2.45) is 0 Å². The molecule has 2 aromatic rings. The number of rotatable bonds is 8. The Hall–Kier alpha value is -1.40. The van der Waals surface area contributed by atoms with E-state index in [4.69, 9.17) is 27.9 Å². The van der Waals surface area contributed by atoms with Crippen LogP contribution in [0.25, 0.3) is 11.3 Å². The van der Waals surface area contributed by atoms with Gasteiger partial charge in [-0.3, -0.25) is 9.69 Å². The molecule has 1 amide bonds. The summed E-state index contributed by atoms with van der Waals surface area (Å²) in [5.74, 6) is -0.0432. The van der Waals surface area contributed by atoms with Gasteiger partial charge in [-0.05, 0) is 19.1 Å². The lowest BCUT2D eigenvalue weighted by Gasteiger charge is -2.17. The van der Waals surface area contributed by atoms with E-state index in [0.717, 1.165) is 11.3 Å². The highest BCUT2D eigenvalue weighted by Gasteiger charge is 2.18. The van der Waals surface area contributed by atoms with Crippen LogP contribution in [0.3, 0.4) is 0 Å². The molecule has 0 fully saturated rings. The molecular formula is C17H18Cl2N2O2S. The lowest BCUT2D eigenvalue weighted by molar-refractivity contribution is -0.119. The summed E-state index contributed by atoms with van der Waals surface area (Å²) >= 11 is 13.4. The van der Waals surface area contributed by atoms with E-state index in [-0.39, 0.29) is 5.91 Å². The first kappa shape index (κ1) is 18.9. The number of amides is 1. The summed E-state index contributed by atoms with van der Waals surface area (Å²) in [6.07, 6.45) is 1.99. The standard InChI is InChI=1S/C17H18Cl2N2O2S/c1-3-8-21(16(22)7-9-23-4-2)17-20-15(11-24-17)12-5-6-13(18)14(19)10-12/h3,5-6,10-11H,1,4,7-9H2,2H3. The Bertz CT molecular complexity index is 718. The van der Waals surface area contributed by atoms with Crippen molar-refractivity contribution in [2.75, 3.05) is 24.7 Å². The van der Waals surface area contributed by atoms with Crippen LogP contribution in [-0.4, -0.2) is 30.6 Å². The minimum absolute atomic E-state index is 0.0432. The number of thiazole rings is 1. The van der Waals surface area contributed by atoms with Gasteiger partial charge in [0.2, 0.25) is 5.91 Å². The van der Waals surface area contributed by atoms with Crippen molar-refractivity contribution < 1.29 is 9.53 Å². The molecule has 0 saturated carbocycles. The third-order valence-electron chi connectivity index (χ3n) is 3.22. The second-order valence-corrected chi connectivity index (χ2v) is 6.54. The Morgan fingerprint density at radius 1 is 1.42 bits per heavy atom. The van der Waals surface area contributed by atoms with Crippen molar-refractivity contribution in [3.63, 3.8) is 0 Å². The second kappa shape index (κ2) is 9.18. The number of aromatic nitrogens is 1. The van der Waals surface area contributed by atoms with E-state index in [9.17, 15) is 4.79 Å². The number of benzene rings is 1. The van der Waals surface area contributed by atoms with E-state index >= 15 is 0 Å². The van der Waals surface area contributed by atoms with E-state index < -0.39 is 0 Å². The molecule has 2 rings (SSSR count). The van der Waals surface area contributed by atoms with Crippen LogP contribution >= 0.6 is 34.5 Å². The molecule has 0 unspecified atom stereocenters. The molecule has 128 valence electrons. The SMILES string of the molecule is C=CCN(C(=O)CCOCC)c1nc(-c2ccc(Cl)c(Cl)c2)cs1. The number of anilines is 1. The first-order valence-corrected chi connectivity index (χ1v) is 9.10. The fourth-order valence-electron chi connectivity index (χ4n) is 2.03. The number of carbonyl (C=O) groups excluding carboxylic acids is 1. The number of hydrogen-bond donors (Lipinski definition) is 0. The summed E-state index contributed by atoms with van der Waals surface area (Å²) in [6, 6.07) is 5.34. The Morgan fingerprint density at radius 2 is 2.21 bits per heavy atom. The maximum Gasteiger partial charge on any atom is 0.231 e. The van der Waals surface area contributed by atoms with Gasteiger partial charge in [-0.15, -0.1) is 17.9 Å². The van der Waals surface area contributed by atoms with Gasteiger partial charge in [0.05, 0.1) is 28.8 Å². The molecule has 0 N–H and O–H groups in total. The Kier molecular flexibility index (Phi) is 7.24. The van der Waals surface area contributed by atoms with Gasteiger partial charge in [-0.2, -0.15) is 0 Å². The van der Waals surface area contributed by atoms with Crippen LogP contribution in [0.15, 0.2) is 36.2 Å². The Morgan fingerprint density at radius 3 is 2.88 bits per heavy atom. The highest BCUT2D eigenvalue weighted by Crippen LogP contribution is 2.31. The highest BCUT2D eigenvalue weighted by molar-refractivity contribution is 7.14. The number of nitrogens with zero attached hydrogens (tertiary/aromatic N) is 2. The predicted octanol–water partition coefficient (Wildman–Crippen LogP) is 5.06. The molecule has 1 aromatic carbocycles. The topological polar surface area (TPSA) is 42.4 Å². The van der Waals surface area contributed by atoms with Gasteiger partial charge in [-0.1, -0.05) is 35.3 Å². The van der Waals surface area contributed by atoms with Crippen molar-refractivity contribution in [3.05, 3.63) is 46.3 Å². The fraction of sp³-hybridized carbons (Fsp3) is 0.294. The summed E-state index contributed by atoms with van der Waals surface area (Å²) in [6.45, 7) is 7.00. The van der Waals surface area contributed by atoms with Crippen molar-refractivity contribution >= 4 is 45.6 Å². The van der Waals surface area contributed by atoms with Crippen molar-refractivity contribution in [1.82, 2.24) is 4.98 Å². The fourth-order valence-corrected chi connectivity index (χ4v) is 3.19. The van der Waals surface area contributed by atoms with Gasteiger partial charge in [0.15, 0.2) is 5.13 Å². The Balaban J connectivity index is 2.19. The summed E-state index contributed by atoms with van der Waals surface area (Å²) < 4.78 is 5.25. The molecule has 0 aliphatic carbocycles. The zero-order valence-corrected chi connectivity index (χ0v) is 15.6. The molecule has 7 heteroatoms. The normalized spacial score (nSPS) is 10.6. The molecule has 0 atom stereocenters. The monoisotopic (exact) mass is 384 g/mol. The summed E-state index contributed by atoms with van der Waals surface area (Å²) in [5, 5.41) is 3.48. The van der Waals surface area contributed by atoms with Gasteiger partial charge >= 0.3 is 0 Å². The van der Waals surface area contributed by atoms with E-state index in [1.807, 2.05) is 18.4 Å². The third kappa shape index (κ3) is 4.80. The molecule has 0 aliphatic heterocycles. The Labute approximate surface area is 155 Å². The van der Waals surface area contributed by atoms with Gasteiger partial charge in [0.25, 0.3) is 0 Å². The minimum atomic E-state index is -0.0432. The van der Waals surface area contributed by atoms with Crippen molar-refractivity contribution in [3.8, 4) is 11.3 Å². The first-order chi connectivity index (χ1) is 11.6. The third-order valence-corrected chi connectivity index (χ3v) is 4.82. The molecule has 1 aromatic heterocycles. The predicted molar refractivity (Wildman–Crippen MR) is 101 cm³/mol. The van der Waals surface area contributed by atoms with Crippen LogP contribution < -0.4 is 4.90 Å². The minimum Gasteiger partial charge on any atom is -0.381 e. The summed E-state index contributed by atoms with van der Waals surface area (Å²) in [5.41, 5.74) is 1.60. The second-order valence-electron chi connectivity index (χ2n) is 4.88. The quantitative estimate of drug-likeness (QED) is 0.471. The van der Waals surface area contributed by atoms with E-state index in [1.54, 1.807) is 23.1 Å². The first-order valence-electron chi connectivity index (χ1n) is 7.46. The number of hydrogen-bond acceptors (Lipinski definition) is 4. The van der Waals surface area contributed by atoms with Crippen molar-refractivity contribution in [1.29, 1.82) is 0 Å². The maximum atomic E-state index is 12.4. The maximum absolute atomic E-state index is 12.4. The lowest BCUT2D eigenvalue weighted by atomic mass is 10.2. The van der Waals surface area contributed by atoms with Gasteiger partial charge in [0.1, 0.15) is 0 Å². The summed E-state index contributed by atoms with van der Waals surface area (Å²) in [7, 11) is 0. The van der Waals surface area contributed by atoms with Gasteiger partial charge < -0.3 is 4.74 Å². The molecular weight excluding hydrogens is 367 g/mol. The van der Waals surface area contributed by atoms with Crippen LogP contribution in [0, 0.1) is 0 Å². The molecule has 0 bridgehead atoms. The molecule has 0 spiro atoms. The van der Waals surface area contributed by atoms with Crippen LogP contribution in [0.5, 0.6) is 0 Å². The highest BCUT2D eigenvalue weighted by atomic mass is 35.5. The van der Waals surface area contributed by atoms with Crippen LogP contribution in [0.4, 0.5) is 5.13 Å². The molecule has 0 aliphatic rings. The number of ether oxygens (including phenoxy) is 1. The van der Waals surface area contributed by atoms with Crippen LogP contribution in [-0.2, 0) is 9.53 Å². The number of carbonyl (C=O) groups is 1. The zero-order valence-electron chi connectivity index (χ0n) is 13.3. The van der Waals surface area contributed by atoms with Crippen LogP contribution in [0.1, 0.15) is 13.3 Å². The molecule has 24 heavy (non-hydrogen) atoms. The van der Waals surface area contributed by atoms with Crippen molar-refractivity contribution in [2.45, 2.75) is 13.3 Å². The largest absolute Gasteiger partial charge is 0.381 e. The van der Waals surface area contributed by atoms with E-state index in [1.165, 1.54) is 11.3 Å². The molecule has 4 nitrogen and oxygen atoms in total. The average molecular weight is 385 g/mol. The van der Waals surface area contributed by atoms with Crippen LogP contribution in [0.2, 0.25) is 10.0 Å². The lowest BCUT2D eigenvalue weighted by Crippen LogP contribution is -2.31. The average Bonchev–Trinajstić information content (AvgIpc) is 3.05. The van der Waals surface area contributed by atoms with Gasteiger partial charge in [0, 0.05) is 24.1 Å². The molecule has 1 heterocycles. The molecule has 0 radical (unpaired) electrons.